The number of anilines is 2. The van der Waals surface area contributed by atoms with E-state index in [4.69, 9.17) is 5.84 Å². The fourth-order valence-corrected chi connectivity index (χ4v) is 1.90. The van der Waals surface area contributed by atoms with E-state index >= 15 is 0 Å². The molecule has 0 saturated carbocycles. The van der Waals surface area contributed by atoms with E-state index in [-0.39, 0.29) is 11.9 Å². The molecule has 1 unspecified atom stereocenters. The summed E-state index contributed by atoms with van der Waals surface area (Å²) in [6.07, 6.45) is 2.68. The van der Waals surface area contributed by atoms with Gasteiger partial charge in [0.1, 0.15) is 18.0 Å². The van der Waals surface area contributed by atoms with Crippen molar-refractivity contribution in [3.8, 4) is 0 Å². The Morgan fingerprint density at radius 2 is 2.29 bits per heavy atom. The predicted molar refractivity (Wildman–Crippen MR) is 64.3 cm³/mol. The smallest absolute Gasteiger partial charge is 0.222 e. The number of nitrogens with zero attached hydrogens (tertiary/aromatic N) is 2. The molecule has 1 aromatic heterocycles. The van der Waals surface area contributed by atoms with E-state index in [1.54, 1.807) is 0 Å². The average Bonchev–Trinajstić information content (AvgIpc) is 2.74. The topological polar surface area (TPSA) is 105 Å². The Hall–Kier alpha value is -1.89. The van der Waals surface area contributed by atoms with Gasteiger partial charge in [-0.2, -0.15) is 0 Å². The van der Waals surface area contributed by atoms with E-state index in [0.29, 0.717) is 18.8 Å². The van der Waals surface area contributed by atoms with E-state index < -0.39 is 0 Å². The van der Waals surface area contributed by atoms with Gasteiger partial charge in [0, 0.05) is 18.5 Å². The third kappa shape index (κ3) is 2.44. The molecule has 1 fully saturated rings. The second kappa shape index (κ2) is 4.96. The number of carbonyl (C=O) groups excluding carboxylic acids is 1. The molecule has 1 saturated heterocycles. The lowest BCUT2D eigenvalue weighted by molar-refractivity contribution is -0.119. The Bertz CT molecular complexity index is 421. The highest BCUT2D eigenvalue weighted by Crippen LogP contribution is 2.21. The van der Waals surface area contributed by atoms with Crippen LogP contribution in [0.5, 0.6) is 0 Å². The maximum Gasteiger partial charge on any atom is 0.222 e. The number of hydrogen-bond acceptors (Lipinski definition) is 6. The first kappa shape index (κ1) is 11.6. The van der Waals surface area contributed by atoms with Crippen molar-refractivity contribution in [3.63, 3.8) is 0 Å². The number of nitrogens with two attached hydrogens (primary N) is 1. The molecule has 5 N–H and O–H groups in total. The van der Waals surface area contributed by atoms with Crippen molar-refractivity contribution in [1.29, 1.82) is 0 Å². The molecule has 92 valence electrons. The lowest BCUT2D eigenvalue weighted by atomic mass is 10.2. The number of carbonyl (C=O) groups is 1. The first-order valence-electron chi connectivity index (χ1n) is 5.58. The number of amides is 1. The minimum atomic E-state index is 0.0618. The standard InChI is InChI=1S/C10H16N6O/c1-2-7-9(13-5-14-10(7)16-11)15-6-3-8(17)12-4-6/h5-6H,2-4,11H2,1H3,(H,12,17)(H2,13,14,15,16). The Morgan fingerprint density at radius 1 is 1.53 bits per heavy atom. The molecule has 2 rings (SSSR count). The largest absolute Gasteiger partial charge is 0.365 e. The van der Waals surface area contributed by atoms with Gasteiger partial charge in [-0.25, -0.2) is 15.8 Å². The van der Waals surface area contributed by atoms with Gasteiger partial charge in [0.2, 0.25) is 5.91 Å². The quantitative estimate of drug-likeness (QED) is 0.420. The van der Waals surface area contributed by atoms with Gasteiger partial charge in [-0.15, -0.1) is 0 Å². The van der Waals surface area contributed by atoms with Gasteiger partial charge in [-0.1, -0.05) is 6.92 Å². The number of rotatable bonds is 4. The molecule has 0 spiro atoms. The number of nitrogen functional groups attached to an aromatic ring is 1. The molecule has 0 bridgehead atoms. The third-order valence-electron chi connectivity index (χ3n) is 2.75. The maximum absolute atomic E-state index is 11.1. The molecule has 1 atom stereocenters. The van der Waals surface area contributed by atoms with Crippen LogP contribution in [0.4, 0.5) is 11.6 Å². The molecule has 1 aliphatic rings. The van der Waals surface area contributed by atoms with Crippen LogP contribution in [0.1, 0.15) is 18.9 Å². The van der Waals surface area contributed by atoms with Gasteiger partial charge >= 0.3 is 0 Å². The highest BCUT2D eigenvalue weighted by Gasteiger charge is 2.22. The SMILES string of the molecule is CCc1c(NN)ncnc1NC1CNC(=O)C1. The van der Waals surface area contributed by atoms with Crippen LogP contribution in [0.15, 0.2) is 6.33 Å². The zero-order valence-corrected chi connectivity index (χ0v) is 9.66. The molecule has 17 heavy (non-hydrogen) atoms. The minimum Gasteiger partial charge on any atom is -0.365 e. The highest BCUT2D eigenvalue weighted by molar-refractivity contribution is 5.79. The van der Waals surface area contributed by atoms with E-state index in [2.05, 4.69) is 26.0 Å². The molecule has 7 heteroatoms. The number of nitrogens with one attached hydrogen (secondary N) is 3. The van der Waals surface area contributed by atoms with Gasteiger partial charge in [-0.05, 0) is 6.42 Å². The van der Waals surface area contributed by atoms with Crippen molar-refractivity contribution in [2.24, 2.45) is 5.84 Å². The molecular formula is C10H16N6O. The van der Waals surface area contributed by atoms with Crippen LogP contribution in [0.25, 0.3) is 0 Å². The van der Waals surface area contributed by atoms with Crippen LogP contribution in [-0.2, 0) is 11.2 Å². The Kier molecular flexibility index (Phi) is 3.38. The van der Waals surface area contributed by atoms with E-state index in [1.165, 1.54) is 6.33 Å². The van der Waals surface area contributed by atoms with E-state index in [0.717, 1.165) is 17.8 Å². The fourth-order valence-electron chi connectivity index (χ4n) is 1.90. The Balaban J connectivity index is 2.17. The Morgan fingerprint density at radius 3 is 2.88 bits per heavy atom. The zero-order chi connectivity index (χ0) is 12.3. The fraction of sp³-hybridized carbons (Fsp3) is 0.500. The van der Waals surface area contributed by atoms with Crippen LogP contribution in [-0.4, -0.2) is 28.5 Å². The zero-order valence-electron chi connectivity index (χ0n) is 9.66. The summed E-state index contributed by atoms with van der Waals surface area (Å²) in [6, 6.07) is 0.0772. The molecule has 1 aliphatic heterocycles. The lowest BCUT2D eigenvalue weighted by Gasteiger charge is -2.15. The summed E-state index contributed by atoms with van der Waals surface area (Å²) in [6.45, 7) is 2.63. The molecule has 7 nitrogen and oxygen atoms in total. The monoisotopic (exact) mass is 236 g/mol. The van der Waals surface area contributed by atoms with Crippen LogP contribution < -0.4 is 21.9 Å². The number of aromatic nitrogens is 2. The molecule has 1 aromatic rings. The van der Waals surface area contributed by atoms with Gasteiger partial charge in [0.25, 0.3) is 0 Å². The van der Waals surface area contributed by atoms with E-state index in [1.807, 2.05) is 6.92 Å². The number of hydrazine groups is 1. The first-order chi connectivity index (χ1) is 8.24. The van der Waals surface area contributed by atoms with Crippen molar-refractivity contribution in [2.75, 3.05) is 17.3 Å². The van der Waals surface area contributed by atoms with Crippen LogP contribution >= 0.6 is 0 Å². The Labute approximate surface area is 99.2 Å². The van der Waals surface area contributed by atoms with Crippen LogP contribution in [0, 0.1) is 0 Å². The molecular weight excluding hydrogens is 220 g/mol. The third-order valence-corrected chi connectivity index (χ3v) is 2.75. The summed E-state index contributed by atoms with van der Waals surface area (Å²) in [5.41, 5.74) is 3.47. The second-order valence-corrected chi connectivity index (χ2v) is 3.90. The predicted octanol–water partition coefficient (Wildman–Crippen LogP) is -0.375. The molecule has 2 heterocycles. The van der Waals surface area contributed by atoms with Crippen LogP contribution in [0.3, 0.4) is 0 Å². The summed E-state index contributed by atoms with van der Waals surface area (Å²) in [5.74, 6) is 6.80. The van der Waals surface area contributed by atoms with Crippen LogP contribution in [0.2, 0.25) is 0 Å². The molecule has 0 radical (unpaired) electrons. The van der Waals surface area contributed by atoms with Crippen molar-refractivity contribution < 1.29 is 4.79 Å². The summed E-state index contributed by atoms with van der Waals surface area (Å²) < 4.78 is 0. The highest BCUT2D eigenvalue weighted by atomic mass is 16.1. The van der Waals surface area contributed by atoms with Crippen molar-refractivity contribution in [2.45, 2.75) is 25.8 Å². The van der Waals surface area contributed by atoms with Gasteiger partial charge < -0.3 is 16.1 Å². The molecule has 1 amide bonds. The summed E-state index contributed by atoms with van der Waals surface area (Å²) >= 11 is 0. The average molecular weight is 236 g/mol. The summed E-state index contributed by atoms with van der Waals surface area (Å²) in [7, 11) is 0. The summed E-state index contributed by atoms with van der Waals surface area (Å²) in [4.78, 5) is 19.3. The van der Waals surface area contributed by atoms with Crippen molar-refractivity contribution >= 4 is 17.5 Å². The van der Waals surface area contributed by atoms with Gasteiger partial charge in [0.15, 0.2) is 0 Å². The second-order valence-electron chi connectivity index (χ2n) is 3.90. The van der Waals surface area contributed by atoms with Gasteiger partial charge in [-0.3, -0.25) is 4.79 Å². The van der Waals surface area contributed by atoms with Gasteiger partial charge in [0.05, 0.1) is 6.04 Å². The first-order valence-corrected chi connectivity index (χ1v) is 5.58. The maximum atomic E-state index is 11.1. The molecule has 0 aliphatic carbocycles. The van der Waals surface area contributed by atoms with Crippen molar-refractivity contribution in [1.82, 2.24) is 15.3 Å². The summed E-state index contributed by atoms with van der Waals surface area (Å²) in [5, 5.41) is 6.01. The number of hydrogen-bond donors (Lipinski definition) is 4. The molecule has 0 aromatic carbocycles. The lowest BCUT2D eigenvalue weighted by Crippen LogP contribution is -2.24. The normalized spacial score (nSPS) is 18.9. The van der Waals surface area contributed by atoms with Crippen molar-refractivity contribution in [3.05, 3.63) is 11.9 Å². The van der Waals surface area contributed by atoms with E-state index in [9.17, 15) is 4.79 Å². The minimum absolute atomic E-state index is 0.0618.